The van der Waals surface area contributed by atoms with Crippen LogP contribution in [-0.2, 0) is 16.8 Å². The van der Waals surface area contributed by atoms with Crippen molar-refractivity contribution >= 4 is 24.5 Å². The average molecular weight is 288 g/mol. The van der Waals surface area contributed by atoms with Crippen LogP contribution in [0.2, 0.25) is 0 Å². The summed E-state index contributed by atoms with van der Waals surface area (Å²) in [5, 5.41) is 9.55. The van der Waals surface area contributed by atoms with E-state index in [2.05, 4.69) is 17.6 Å². The molecule has 1 N–H and O–H groups in total. The molecule has 0 aliphatic heterocycles. The van der Waals surface area contributed by atoms with E-state index in [9.17, 15) is 5.11 Å². The van der Waals surface area contributed by atoms with Crippen LogP contribution in [-0.4, -0.2) is 11.3 Å². The van der Waals surface area contributed by atoms with Crippen molar-refractivity contribution < 1.29 is 21.9 Å². The zero-order valence-electron chi connectivity index (χ0n) is 8.87. The number of benzene rings is 2. The molecule has 0 amide bonds. The van der Waals surface area contributed by atoms with E-state index < -0.39 is 0 Å². The molecule has 0 heterocycles. The maximum atomic E-state index is 9.55. The van der Waals surface area contributed by atoms with Crippen LogP contribution in [0.1, 0.15) is 5.56 Å². The molecule has 1 radical (unpaired) electrons. The van der Waals surface area contributed by atoms with Gasteiger partial charge in [-0.15, -0.1) is 12.6 Å². The molecule has 2 aromatic rings. The fourth-order valence-electron chi connectivity index (χ4n) is 1.31. The number of para-hydroxylation sites is 2. The van der Waals surface area contributed by atoms with Gasteiger partial charge < -0.3 is 5.11 Å². The zero-order valence-corrected chi connectivity index (χ0v) is 10.8. The number of thiol groups is 1. The largest absolute Gasteiger partial charge is 0.507 e. The summed E-state index contributed by atoms with van der Waals surface area (Å²) in [6.45, 7) is 0. The van der Waals surface area contributed by atoms with E-state index in [1.54, 1.807) is 24.4 Å². The minimum absolute atomic E-state index is 0. The number of rotatable bonds is 2. The molecule has 0 saturated carbocycles. The van der Waals surface area contributed by atoms with E-state index >= 15 is 0 Å². The molecule has 2 nitrogen and oxygen atoms in total. The minimum Gasteiger partial charge on any atom is -0.507 e. The van der Waals surface area contributed by atoms with Crippen LogP contribution in [0.15, 0.2) is 58.4 Å². The third-order valence-corrected chi connectivity index (χ3v) is 2.54. The van der Waals surface area contributed by atoms with E-state index in [1.807, 2.05) is 30.3 Å². The normalized spacial score (nSPS) is 10.2. The van der Waals surface area contributed by atoms with Crippen LogP contribution in [0.25, 0.3) is 0 Å². The van der Waals surface area contributed by atoms with Crippen LogP contribution in [0.3, 0.4) is 0 Å². The number of aromatic hydroxyl groups is 1. The summed E-state index contributed by atoms with van der Waals surface area (Å²) in [4.78, 5) is 5.09. The molecule has 2 aromatic carbocycles. The summed E-state index contributed by atoms with van der Waals surface area (Å²) in [5.74, 6) is 0.225. The van der Waals surface area contributed by atoms with Gasteiger partial charge in [0.1, 0.15) is 5.75 Å². The van der Waals surface area contributed by atoms with E-state index in [0.29, 0.717) is 5.56 Å². The van der Waals surface area contributed by atoms with Crippen molar-refractivity contribution in [2.75, 3.05) is 0 Å². The van der Waals surface area contributed by atoms with Gasteiger partial charge >= 0.3 is 0 Å². The fourth-order valence-corrected chi connectivity index (χ4v) is 1.53. The Morgan fingerprint density at radius 3 is 2.35 bits per heavy atom. The van der Waals surface area contributed by atoms with Crippen molar-refractivity contribution in [3.05, 3.63) is 54.1 Å². The van der Waals surface area contributed by atoms with Crippen molar-refractivity contribution in [2.45, 2.75) is 4.90 Å². The molecule has 0 spiro atoms. The molecule has 0 fully saturated rings. The Hall–Kier alpha value is -1.23. The van der Waals surface area contributed by atoms with E-state index in [0.717, 1.165) is 10.6 Å². The van der Waals surface area contributed by atoms with Crippen molar-refractivity contribution in [3.63, 3.8) is 0 Å². The maximum absolute atomic E-state index is 9.55. The Bertz CT molecular complexity index is 481. The molecule has 89 valence electrons. The van der Waals surface area contributed by atoms with Gasteiger partial charge in [0.25, 0.3) is 0 Å². The predicted octanol–water partition coefficient (Wildman–Crippen LogP) is 3.43. The van der Waals surface area contributed by atoms with Gasteiger partial charge in [-0.1, -0.05) is 24.3 Å². The second-order valence-electron chi connectivity index (χ2n) is 3.31. The SMILES string of the molecule is Oc1ccccc1C=Nc1ccccc1S.[Co]. The summed E-state index contributed by atoms with van der Waals surface area (Å²) in [6, 6.07) is 14.6. The van der Waals surface area contributed by atoms with E-state index in [-0.39, 0.29) is 22.5 Å². The smallest absolute Gasteiger partial charge is 0.124 e. The molecule has 17 heavy (non-hydrogen) atoms. The Kier molecular flexibility index (Phi) is 5.28. The fraction of sp³-hybridized carbons (Fsp3) is 0. The standard InChI is InChI=1S/C13H11NOS.Co/c15-12-7-3-1-5-10(12)9-14-11-6-2-4-8-13(11)16;/h1-9,15-16H;. The van der Waals surface area contributed by atoms with Gasteiger partial charge in [0.15, 0.2) is 0 Å². The number of aliphatic imine (C=N–C) groups is 1. The third kappa shape index (κ3) is 3.63. The minimum atomic E-state index is 0. The number of hydrogen-bond donors (Lipinski definition) is 2. The first-order chi connectivity index (χ1) is 7.77. The zero-order chi connectivity index (χ0) is 11.4. The molecule has 0 saturated heterocycles. The number of phenolic OH excluding ortho intramolecular Hbond substituents is 1. The van der Waals surface area contributed by atoms with E-state index in [1.165, 1.54) is 0 Å². The van der Waals surface area contributed by atoms with Crippen LogP contribution in [0.4, 0.5) is 5.69 Å². The molecule has 0 unspecified atom stereocenters. The van der Waals surface area contributed by atoms with Gasteiger partial charge in [0.2, 0.25) is 0 Å². The molecule has 0 aromatic heterocycles. The van der Waals surface area contributed by atoms with Crippen LogP contribution >= 0.6 is 12.6 Å². The van der Waals surface area contributed by atoms with Gasteiger partial charge in [-0.2, -0.15) is 0 Å². The number of phenols is 1. The first kappa shape index (κ1) is 13.8. The molecule has 0 atom stereocenters. The molecule has 0 aliphatic carbocycles. The molecule has 2 rings (SSSR count). The topological polar surface area (TPSA) is 32.6 Å². The van der Waals surface area contributed by atoms with E-state index in [4.69, 9.17) is 0 Å². The Balaban J connectivity index is 0.00000144. The molecular formula is C13H11CoNOS. The maximum Gasteiger partial charge on any atom is 0.124 e. The third-order valence-electron chi connectivity index (χ3n) is 2.16. The first-order valence-electron chi connectivity index (χ1n) is 4.87. The Morgan fingerprint density at radius 2 is 1.65 bits per heavy atom. The van der Waals surface area contributed by atoms with Crippen molar-refractivity contribution in [1.82, 2.24) is 0 Å². The first-order valence-corrected chi connectivity index (χ1v) is 5.32. The molecule has 0 bridgehead atoms. The molecule has 0 aliphatic rings. The summed E-state index contributed by atoms with van der Waals surface area (Å²) in [5.41, 5.74) is 1.48. The van der Waals surface area contributed by atoms with Crippen LogP contribution in [0.5, 0.6) is 5.75 Å². The molecular weight excluding hydrogens is 277 g/mol. The Morgan fingerprint density at radius 1 is 1.00 bits per heavy atom. The van der Waals surface area contributed by atoms with Crippen molar-refractivity contribution in [3.8, 4) is 5.75 Å². The van der Waals surface area contributed by atoms with Crippen LogP contribution < -0.4 is 0 Å². The summed E-state index contributed by atoms with van der Waals surface area (Å²) in [7, 11) is 0. The van der Waals surface area contributed by atoms with Crippen molar-refractivity contribution in [2.24, 2.45) is 4.99 Å². The quantitative estimate of drug-likeness (QED) is 0.644. The predicted molar refractivity (Wildman–Crippen MR) is 69.1 cm³/mol. The van der Waals surface area contributed by atoms with Gasteiger partial charge in [-0.3, -0.25) is 4.99 Å². The second kappa shape index (κ2) is 6.49. The van der Waals surface area contributed by atoms with Crippen molar-refractivity contribution in [1.29, 1.82) is 0 Å². The summed E-state index contributed by atoms with van der Waals surface area (Å²) < 4.78 is 0. The average Bonchev–Trinajstić information content (AvgIpc) is 2.30. The number of nitrogens with zero attached hydrogens (tertiary/aromatic N) is 1. The summed E-state index contributed by atoms with van der Waals surface area (Å²) in [6.07, 6.45) is 1.63. The molecule has 4 heteroatoms. The second-order valence-corrected chi connectivity index (χ2v) is 3.79. The summed E-state index contributed by atoms with van der Waals surface area (Å²) >= 11 is 4.29. The Labute approximate surface area is 116 Å². The number of hydrogen-bond acceptors (Lipinski definition) is 3. The van der Waals surface area contributed by atoms with Crippen LogP contribution in [0, 0.1) is 0 Å². The van der Waals surface area contributed by atoms with Gasteiger partial charge in [-0.25, -0.2) is 0 Å². The monoisotopic (exact) mass is 288 g/mol. The van der Waals surface area contributed by atoms with Gasteiger partial charge in [0, 0.05) is 33.5 Å². The van der Waals surface area contributed by atoms with Gasteiger partial charge in [-0.05, 0) is 24.3 Å². The van der Waals surface area contributed by atoms with Gasteiger partial charge in [0.05, 0.1) is 5.69 Å².